The van der Waals surface area contributed by atoms with Gasteiger partial charge in [0.1, 0.15) is 11.4 Å². The molecular weight excluding hydrogens is 373 g/mol. The molecule has 0 fully saturated rings. The lowest BCUT2D eigenvalue weighted by Gasteiger charge is -2.24. The summed E-state index contributed by atoms with van der Waals surface area (Å²) in [5.74, 6) is -0.281. The Bertz CT molecular complexity index is 723. The van der Waals surface area contributed by atoms with Crippen molar-refractivity contribution in [2.45, 2.75) is 32.9 Å². The molecule has 3 nitrogen and oxygen atoms in total. The van der Waals surface area contributed by atoms with Crippen LogP contribution in [0.2, 0.25) is 0 Å². The van der Waals surface area contributed by atoms with Gasteiger partial charge in [0.2, 0.25) is 0 Å². The molecule has 2 rings (SSSR count). The number of amides is 1. The molecule has 0 unspecified atom stereocenters. The number of carbonyl (C=O) groups is 1. The van der Waals surface area contributed by atoms with Gasteiger partial charge in [-0.2, -0.15) is 0 Å². The van der Waals surface area contributed by atoms with Crippen LogP contribution < -0.4 is 0 Å². The molecule has 0 heterocycles. The predicted octanol–water partition coefficient (Wildman–Crippen LogP) is 5.62. The topological polar surface area (TPSA) is 29.5 Å². The van der Waals surface area contributed by atoms with Gasteiger partial charge in [-0.1, -0.05) is 36.4 Å². The van der Waals surface area contributed by atoms with E-state index in [1.54, 1.807) is 25.2 Å². The number of benzene rings is 2. The maximum Gasteiger partial charge on any atom is 0.410 e. The average molecular weight is 394 g/mol. The van der Waals surface area contributed by atoms with Crippen LogP contribution in [0.25, 0.3) is 11.1 Å². The molecule has 0 saturated carbocycles. The van der Waals surface area contributed by atoms with Crippen LogP contribution in [0.15, 0.2) is 46.9 Å². The Kier molecular flexibility index (Phi) is 5.65. The van der Waals surface area contributed by atoms with Crippen LogP contribution in [0.5, 0.6) is 0 Å². The van der Waals surface area contributed by atoms with Crippen molar-refractivity contribution in [1.29, 1.82) is 0 Å². The third-order valence-corrected chi connectivity index (χ3v) is 3.95. The molecule has 0 bridgehead atoms. The second-order valence-electron chi connectivity index (χ2n) is 6.63. The zero-order valence-electron chi connectivity index (χ0n) is 14.3. The van der Waals surface area contributed by atoms with E-state index in [0.29, 0.717) is 16.6 Å². The molecule has 0 atom stereocenters. The summed E-state index contributed by atoms with van der Waals surface area (Å²) in [7, 11) is 1.69. The van der Waals surface area contributed by atoms with Crippen molar-refractivity contribution < 1.29 is 13.9 Å². The minimum Gasteiger partial charge on any atom is -0.444 e. The highest BCUT2D eigenvalue weighted by atomic mass is 79.9. The quantitative estimate of drug-likeness (QED) is 0.676. The molecule has 1 amide bonds. The summed E-state index contributed by atoms with van der Waals surface area (Å²) in [6.07, 6.45) is -0.371. The summed E-state index contributed by atoms with van der Waals surface area (Å²) >= 11 is 3.20. The first-order chi connectivity index (χ1) is 11.2. The van der Waals surface area contributed by atoms with Crippen molar-refractivity contribution in [2.24, 2.45) is 0 Å². The van der Waals surface area contributed by atoms with E-state index in [4.69, 9.17) is 4.74 Å². The van der Waals surface area contributed by atoms with Gasteiger partial charge in [-0.15, -0.1) is 0 Å². The number of rotatable bonds is 3. The number of hydrogen-bond donors (Lipinski definition) is 0. The Hall–Kier alpha value is -1.88. The highest BCUT2D eigenvalue weighted by Gasteiger charge is 2.19. The first-order valence-electron chi connectivity index (χ1n) is 7.65. The Morgan fingerprint density at radius 2 is 1.79 bits per heavy atom. The summed E-state index contributed by atoms with van der Waals surface area (Å²) < 4.78 is 19.9. The third kappa shape index (κ3) is 4.81. The molecule has 128 valence electrons. The zero-order valence-corrected chi connectivity index (χ0v) is 15.9. The number of hydrogen-bond acceptors (Lipinski definition) is 2. The van der Waals surface area contributed by atoms with Crippen molar-refractivity contribution in [2.75, 3.05) is 7.05 Å². The monoisotopic (exact) mass is 393 g/mol. The smallest absolute Gasteiger partial charge is 0.410 e. The van der Waals surface area contributed by atoms with E-state index >= 15 is 0 Å². The van der Waals surface area contributed by atoms with Crippen LogP contribution in [-0.4, -0.2) is 23.6 Å². The highest BCUT2D eigenvalue weighted by Crippen LogP contribution is 2.28. The lowest BCUT2D eigenvalue weighted by atomic mass is 10.0. The second-order valence-corrected chi connectivity index (χ2v) is 7.49. The van der Waals surface area contributed by atoms with Crippen LogP contribution in [-0.2, 0) is 11.3 Å². The van der Waals surface area contributed by atoms with Crippen molar-refractivity contribution in [3.05, 3.63) is 58.3 Å². The van der Waals surface area contributed by atoms with Crippen LogP contribution in [0.1, 0.15) is 26.3 Å². The molecule has 5 heteroatoms. The summed E-state index contributed by atoms with van der Waals surface area (Å²) in [6, 6.07) is 12.7. The Morgan fingerprint density at radius 3 is 2.38 bits per heavy atom. The minimum absolute atomic E-state index is 0.281. The fourth-order valence-corrected chi connectivity index (χ4v) is 2.56. The SMILES string of the molecule is CN(Cc1ccc(-c2cccc(Br)c2F)cc1)C(=O)OC(C)(C)C. The molecule has 0 N–H and O–H groups in total. The first kappa shape index (κ1) is 18.5. The molecule has 2 aromatic rings. The fourth-order valence-electron chi connectivity index (χ4n) is 2.19. The van der Waals surface area contributed by atoms with Crippen molar-refractivity contribution in [3.8, 4) is 11.1 Å². The molecule has 0 spiro atoms. The molecule has 24 heavy (non-hydrogen) atoms. The van der Waals surface area contributed by atoms with Crippen molar-refractivity contribution >= 4 is 22.0 Å². The molecule has 0 radical (unpaired) electrons. The molecular formula is C19H21BrFNO2. The molecule has 0 saturated heterocycles. The van der Waals surface area contributed by atoms with E-state index in [0.717, 1.165) is 11.1 Å². The zero-order chi connectivity index (χ0) is 17.9. The largest absolute Gasteiger partial charge is 0.444 e. The van der Waals surface area contributed by atoms with Gasteiger partial charge < -0.3 is 9.64 Å². The van der Waals surface area contributed by atoms with E-state index in [2.05, 4.69) is 15.9 Å². The predicted molar refractivity (Wildman–Crippen MR) is 97.2 cm³/mol. The fraction of sp³-hybridized carbons (Fsp3) is 0.316. The maximum absolute atomic E-state index is 14.1. The van der Waals surface area contributed by atoms with E-state index in [1.807, 2.05) is 45.0 Å². The second kappa shape index (κ2) is 7.34. The van der Waals surface area contributed by atoms with Crippen LogP contribution in [0, 0.1) is 5.82 Å². The summed E-state index contributed by atoms with van der Waals surface area (Å²) in [6.45, 7) is 5.93. The van der Waals surface area contributed by atoms with Crippen molar-refractivity contribution in [1.82, 2.24) is 4.90 Å². The van der Waals surface area contributed by atoms with Gasteiger partial charge in [0.15, 0.2) is 0 Å². The molecule has 0 aliphatic heterocycles. The molecule has 0 aliphatic carbocycles. The maximum atomic E-state index is 14.1. The van der Waals surface area contributed by atoms with Crippen LogP contribution >= 0.6 is 15.9 Å². The standard InChI is InChI=1S/C19H21BrFNO2/c1-19(2,3)24-18(23)22(4)12-13-8-10-14(11-9-13)15-6-5-7-16(20)17(15)21/h5-11H,12H2,1-4H3. The van der Waals surface area contributed by atoms with Gasteiger partial charge in [0, 0.05) is 19.2 Å². The minimum atomic E-state index is -0.520. The number of ether oxygens (including phenoxy) is 1. The van der Waals surface area contributed by atoms with E-state index < -0.39 is 5.60 Å². The molecule has 0 aromatic heterocycles. The Morgan fingerprint density at radius 1 is 1.17 bits per heavy atom. The van der Waals surface area contributed by atoms with E-state index in [9.17, 15) is 9.18 Å². The number of halogens is 2. The molecule has 2 aromatic carbocycles. The van der Waals surface area contributed by atoms with Gasteiger partial charge in [-0.3, -0.25) is 0 Å². The number of nitrogens with zero attached hydrogens (tertiary/aromatic N) is 1. The van der Waals surface area contributed by atoms with Crippen molar-refractivity contribution in [3.63, 3.8) is 0 Å². The average Bonchev–Trinajstić information content (AvgIpc) is 2.49. The Balaban J connectivity index is 2.10. The van der Waals surface area contributed by atoms with Gasteiger partial charge in [-0.05, 0) is 53.9 Å². The van der Waals surface area contributed by atoms with Gasteiger partial charge in [-0.25, -0.2) is 9.18 Å². The number of carbonyl (C=O) groups excluding carboxylic acids is 1. The first-order valence-corrected chi connectivity index (χ1v) is 8.44. The van der Waals surface area contributed by atoms with Crippen LogP contribution in [0.3, 0.4) is 0 Å². The van der Waals surface area contributed by atoms with Crippen LogP contribution in [0.4, 0.5) is 9.18 Å². The van der Waals surface area contributed by atoms with E-state index in [1.165, 1.54) is 4.90 Å². The van der Waals surface area contributed by atoms with E-state index in [-0.39, 0.29) is 11.9 Å². The molecule has 0 aliphatic rings. The summed E-state index contributed by atoms with van der Waals surface area (Å²) in [5.41, 5.74) is 1.75. The lowest BCUT2D eigenvalue weighted by Crippen LogP contribution is -2.33. The van der Waals surface area contributed by atoms with Gasteiger partial charge in [0.25, 0.3) is 0 Å². The third-order valence-electron chi connectivity index (χ3n) is 3.34. The van der Waals surface area contributed by atoms with Gasteiger partial charge >= 0.3 is 6.09 Å². The Labute approximate surface area is 150 Å². The lowest BCUT2D eigenvalue weighted by molar-refractivity contribution is 0.0285. The highest BCUT2D eigenvalue weighted by molar-refractivity contribution is 9.10. The summed E-state index contributed by atoms with van der Waals surface area (Å²) in [4.78, 5) is 13.5. The van der Waals surface area contributed by atoms with Gasteiger partial charge in [0.05, 0.1) is 4.47 Å². The summed E-state index contributed by atoms with van der Waals surface area (Å²) in [5, 5.41) is 0. The normalized spacial score (nSPS) is 11.2.